The lowest BCUT2D eigenvalue weighted by Gasteiger charge is -2.21. The van der Waals surface area contributed by atoms with Crippen molar-refractivity contribution >= 4 is 23.9 Å². The number of likely N-dealkylation sites (tertiary alicyclic amines) is 1. The Bertz CT molecular complexity index is 423. The Balaban J connectivity index is 2.53. The average Bonchev–Trinajstić information content (AvgIpc) is 2.79. The summed E-state index contributed by atoms with van der Waals surface area (Å²) in [7, 11) is 0. The van der Waals surface area contributed by atoms with Gasteiger partial charge in [0.05, 0.1) is 5.92 Å². The molecule has 0 radical (unpaired) electrons. The standard InChI is InChI=1S/C11H16N2O7/c14-8(15)2-1-3-12-11(20)13-5-6(9(16)17)4-7(13)10(18)19/h6-7H,1-5H2,(H,12,20)(H,14,15)(H,16,17)(H,18,19). The van der Waals surface area contributed by atoms with Crippen LogP contribution in [0.1, 0.15) is 19.3 Å². The summed E-state index contributed by atoms with van der Waals surface area (Å²) in [6, 6.07) is -1.86. The number of carboxylic acid groups (broad SMARTS) is 3. The molecule has 0 aromatic rings. The monoisotopic (exact) mass is 288 g/mol. The van der Waals surface area contributed by atoms with Crippen molar-refractivity contribution in [3.63, 3.8) is 0 Å². The van der Waals surface area contributed by atoms with Gasteiger partial charge in [0.25, 0.3) is 0 Å². The molecule has 2 amide bonds. The SMILES string of the molecule is O=C(O)CCCNC(=O)N1CC(C(=O)O)CC1C(=O)O. The third kappa shape index (κ3) is 4.11. The van der Waals surface area contributed by atoms with Crippen molar-refractivity contribution < 1.29 is 34.5 Å². The van der Waals surface area contributed by atoms with Crippen molar-refractivity contribution in [1.82, 2.24) is 10.2 Å². The molecule has 0 aliphatic carbocycles. The number of hydrogen-bond acceptors (Lipinski definition) is 4. The number of nitrogens with zero attached hydrogens (tertiary/aromatic N) is 1. The van der Waals surface area contributed by atoms with Crippen molar-refractivity contribution in [2.75, 3.05) is 13.1 Å². The molecule has 2 unspecified atom stereocenters. The normalized spacial score (nSPS) is 21.5. The van der Waals surface area contributed by atoms with Gasteiger partial charge in [-0.2, -0.15) is 0 Å². The molecule has 1 aliphatic heterocycles. The largest absolute Gasteiger partial charge is 0.481 e. The van der Waals surface area contributed by atoms with Crippen molar-refractivity contribution in [3.8, 4) is 0 Å². The van der Waals surface area contributed by atoms with Gasteiger partial charge < -0.3 is 25.5 Å². The maximum atomic E-state index is 11.8. The average molecular weight is 288 g/mol. The molecule has 1 heterocycles. The molecule has 2 atom stereocenters. The number of carbonyl (C=O) groups excluding carboxylic acids is 1. The van der Waals surface area contributed by atoms with E-state index in [1.165, 1.54) is 0 Å². The molecule has 0 aromatic carbocycles. The van der Waals surface area contributed by atoms with E-state index >= 15 is 0 Å². The Labute approximate surface area is 114 Å². The van der Waals surface area contributed by atoms with Gasteiger partial charge in [0.1, 0.15) is 6.04 Å². The molecule has 0 spiro atoms. The van der Waals surface area contributed by atoms with Gasteiger partial charge >= 0.3 is 23.9 Å². The fourth-order valence-electron chi connectivity index (χ4n) is 2.01. The first-order chi connectivity index (χ1) is 9.32. The van der Waals surface area contributed by atoms with Gasteiger partial charge in [-0.05, 0) is 12.8 Å². The number of aliphatic carboxylic acids is 3. The van der Waals surface area contributed by atoms with Crippen molar-refractivity contribution in [1.29, 1.82) is 0 Å². The second-order valence-electron chi connectivity index (χ2n) is 4.51. The van der Waals surface area contributed by atoms with E-state index in [-0.39, 0.29) is 32.4 Å². The van der Waals surface area contributed by atoms with Gasteiger partial charge in [0.2, 0.25) is 0 Å². The molecule has 9 nitrogen and oxygen atoms in total. The van der Waals surface area contributed by atoms with E-state index in [2.05, 4.69) is 5.32 Å². The molecular weight excluding hydrogens is 272 g/mol. The fourth-order valence-corrected chi connectivity index (χ4v) is 2.01. The van der Waals surface area contributed by atoms with E-state index in [0.29, 0.717) is 0 Å². The Hall–Kier alpha value is -2.32. The van der Waals surface area contributed by atoms with Crippen LogP contribution in [-0.4, -0.2) is 63.3 Å². The highest BCUT2D eigenvalue weighted by Crippen LogP contribution is 2.23. The quantitative estimate of drug-likeness (QED) is 0.478. The van der Waals surface area contributed by atoms with Gasteiger partial charge in [0, 0.05) is 19.5 Å². The van der Waals surface area contributed by atoms with Crippen molar-refractivity contribution in [2.24, 2.45) is 5.92 Å². The second kappa shape index (κ2) is 6.73. The Morgan fingerprint density at radius 3 is 2.25 bits per heavy atom. The highest BCUT2D eigenvalue weighted by atomic mass is 16.4. The zero-order valence-corrected chi connectivity index (χ0v) is 10.6. The lowest BCUT2D eigenvalue weighted by molar-refractivity contribution is -0.142. The van der Waals surface area contributed by atoms with Crippen LogP contribution in [0.2, 0.25) is 0 Å². The Kier molecular flexibility index (Phi) is 5.30. The maximum Gasteiger partial charge on any atom is 0.326 e. The highest BCUT2D eigenvalue weighted by molar-refractivity contribution is 5.85. The smallest absolute Gasteiger partial charge is 0.326 e. The van der Waals surface area contributed by atoms with E-state index in [4.69, 9.17) is 15.3 Å². The van der Waals surface area contributed by atoms with E-state index < -0.39 is 35.9 Å². The molecule has 0 aromatic heterocycles. The molecule has 1 fully saturated rings. The Morgan fingerprint density at radius 1 is 1.10 bits per heavy atom. The molecule has 112 valence electrons. The first kappa shape index (κ1) is 15.7. The maximum absolute atomic E-state index is 11.8. The molecule has 0 bridgehead atoms. The fraction of sp³-hybridized carbons (Fsp3) is 0.636. The predicted octanol–water partition coefficient (Wildman–Crippen LogP) is -0.579. The molecule has 20 heavy (non-hydrogen) atoms. The minimum atomic E-state index is -1.26. The molecule has 9 heteroatoms. The molecular formula is C11H16N2O7. The summed E-state index contributed by atoms with van der Waals surface area (Å²) in [4.78, 5) is 44.9. The number of carbonyl (C=O) groups is 4. The van der Waals surface area contributed by atoms with Crippen molar-refractivity contribution in [2.45, 2.75) is 25.3 Å². The van der Waals surface area contributed by atoms with Crippen LogP contribution < -0.4 is 5.32 Å². The predicted molar refractivity (Wildman–Crippen MR) is 64.1 cm³/mol. The molecule has 0 saturated carbocycles. The second-order valence-corrected chi connectivity index (χ2v) is 4.51. The van der Waals surface area contributed by atoms with E-state index in [1.807, 2.05) is 0 Å². The topological polar surface area (TPSA) is 144 Å². The number of amides is 2. The van der Waals surface area contributed by atoms with E-state index in [1.54, 1.807) is 0 Å². The van der Waals surface area contributed by atoms with Crippen LogP contribution in [0.15, 0.2) is 0 Å². The lowest BCUT2D eigenvalue weighted by Crippen LogP contribution is -2.46. The summed E-state index contributed by atoms with van der Waals surface area (Å²) in [6.45, 7) is -0.0806. The van der Waals surface area contributed by atoms with Crippen LogP contribution in [0.4, 0.5) is 4.79 Å². The van der Waals surface area contributed by atoms with E-state index in [0.717, 1.165) is 4.90 Å². The lowest BCUT2D eigenvalue weighted by atomic mass is 10.1. The van der Waals surface area contributed by atoms with E-state index in [9.17, 15) is 19.2 Å². The van der Waals surface area contributed by atoms with Gasteiger partial charge in [-0.15, -0.1) is 0 Å². The summed E-state index contributed by atoms with van der Waals surface area (Å²) < 4.78 is 0. The highest BCUT2D eigenvalue weighted by Gasteiger charge is 2.42. The summed E-state index contributed by atoms with van der Waals surface area (Å²) in [5, 5.41) is 28.7. The van der Waals surface area contributed by atoms with Crippen molar-refractivity contribution in [3.05, 3.63) is 0 Å². The van der Waals surface area contributed by atoms with Gasteiger partial charge in [-0.25, -0.2) is 9.59 Å². The first-order valence-electron chi connectivity index (χ1n) is 6.04. The number of rotatable bonds is 6. The molecule has 4 N–H and O–H groups in total. The van der Waals surface area contributed by atoms with Crippen LogP contribution in [0.25, 0.3) is 0 Å². The van der Waals surface area contributed by atoms with Gasteiger partial charge in [-0.1, -0.05) is 0 Å². The number of hydrogen-bond donors (Lipinski definition) is 4. The summed E-state index contributed by atoms with van der Waals surface area (Å²) in [5.74, 6) is -4.29. The third-order valence-corrected chi connectivity index (χ3v) is 3.04. The minimum Gasteiger partial charge on any atom is -0.481 e. The zero-order chi connectivity index (χ0) is 15.3. The number of urea groups is 1. The number of carboxylic acids is 3. The molecule has 1 aliphatic rings. The van der Waals surface area contributed by atoms with Gasteiger partial charge in [0.15, 0.2) is 0 Å². The van der Waals surface area contributed by atoms with Crippen LogP contribution in [-0.2, 0) is 14.4 Å². The van der Waals surface area contributed by atoms with Crippen LogP contribution >= 0.6 is 0 Å². The van der Waals surface area contributed by atoms with Gasteiger partial charge in [-0.3, -0.25) is 9.59 Å². The first-order valence-corrected chi connectivity index (χ1v) is 6.04. The zero-order valence-electron chi connectivity index (χ0n) is 10.6. The molecule has 1 rings (SSSR count). The third-order valence-electron chi connectivity index (χ3n) is 3.04. The van der Waals surface area contributed by atoms with Crippen LogP contribution in [0.5, 0.6) is 0 Å². The van der Waals surface area contributed by atoms with Crippen LogP contribution in [0, 0.1) is 5.92 Å². The van der Waals surface area contributed by atoms with Crippen LogP contribution in [0.3, 0.4) is 0 Å². The molecule has 1 saturated heterocycles. The summed E-state index contributed by atoms with van der Waals surface area (Å²) in [6.07, 6.45) is -0.0252. The summed E-state index contributed by atoms with van der Waals surface area (Å²) in [5.41, 5.74) is 0. The number of nitrogens with one attached hydrogen (secondary N) is 1. The Morgan fingerprint density at radius 2 is 1.75 bits per heavy atom. The summed E-state index contributed by atoms with van der Waals surface area (Å²) >= 11 is 0. The minimum absolute atomic E-state index is 0.0890.